The molecule has 1 aromatic carbocycles. The molecule has 0 aliphatic heterocycles. The summed E-state index contributed by atoms with van der Waals surface area (Å²) < 4.78 is 32.1. The van der Waals surface area contributed by atoms with Gasteiger partial charge < -0.3 is 4.74 Å². The smallest absolute Gasteiger partial charge is 0.230 e. The quantitative estimate of drug-likeness (QED) is 0.545. The molecule has 122 valence electrons. The number of rotatable bonds is 6. The van der Waals surface area contributed by atoms with Crippen molar-refractivity contribution in [1.82, 2.24) is 9.55 Å². The number of fused-ring (bicyclic) bond motifs is 1. The molecule has 8 heteroatoms. The van der Waals surface area contributed by atoms with Crippen molar-refractivity contribution in [2.24, 2.45) is 0 Å². The second-order valence-electron chi connectivity index (χ2n) is 6.58. The van der Waals surface area contributed by atoms with Crippen molar-refractivity contribution in [2.45, 2.75) is 37.6 Å². The maximum absolute atomic E-state index is 12.0. The molecule has 0 N–H and O–H groups in total. The molecule has 0 aliphatic carbocycles. The van der Waals surface area contributed by atoms with Gasteiger partial charge in [0.2, 0.25) is 15.0 Å². The lowest BCUT2D eigenvalue weighted by Gasteiger charge is -2.16. The number of hydrogen-bond donors (Lipinski definition) is 0. The van der Waals surface area contributed by atoms with Gasteiger partial charge in [-0.1, -0.05) is 35.6 Å². The van der Waals surface area contributed by atoms with Crippen LogP contribution in [0.5, 0.6) is 0 Å². The maximum atomic E-state index is 12.0. The van der Waals surface area contributed by atoms with Crippen LogP contribution in [0.3, 0.4) is 0 Å². The molecule has 0 fully saturated rings. The molecule has 0 radical (unpaired) electrons. The number of imidazole rings is 1. The normalized spacial score (nSPS) is 13.0. The molecule has 0 saturated heterocycles. The van der Waals surface area contributed by atoms with Crippen LogP contribution in [0, 0.1) is 0 Å². The van der Waals surface area contributed by atoms with E-state index in [0.717, 1.165) is 16.0 Å². The van der Waals surface area contributed by atoms with E-state index >= 15 is 0 Å². The zero-order chi connectivity index (χ0) is 16.5. The minimum atomic E-state index is -3.41. The fourth-order valence-corrected chi connectivity index (χ4v) is 3.94. The number of halogens is 1. The van der Waals surface area contributed by atoms with Crippen molar-refractivity contribution in [3.63, 3.8) is 0 Å². The molecule has 0 saturated carbocycles. The first kappa shape index (κ1) is 17.6. The second kappa shape index (κ2) is 6.43. The van der Waals surface area contributed by atoms with Crippen LogP contribution in [0.4, 0.5) is 0 Å². The molecule has 0 atom stereocenters. The summed E-state index contributed by atoms with van der Waals surface area (Å²) >= 11 is 3.38. The van der Waals surface area contributed by atoms with Crippen LogP contribution in [-0.4, -0.2) is 38.9 Å². The van der Waals surface area contributed by atoms with Gasteiger partial charge in [-0.05, 0) is 24.2 Å². The summed E-state index contributed by atoms with van der Waals surface area (Å²) in [6, 6.07) is 6.57. The number of aromatic nitrogens is 2. The van der Waals surface area contributed by atoms with Crippen molar-refractivity contribution >= 4 is 44.9 Å². The lowest BCUT2D eigenvalue weighted by atomic mass is 10.3. The zero-order valence-electron chi connectivity index (χ0n) is 13.3. The molecule has 0 bridgehead atoms. The van der Waals surface area contributed by atoms with E-state index in [9.17, 15) is 8.42 Å². The lowest BCUT2D eigenvalue weighted by molar-refractivity contribution is 0.0838. The fraction of sp³-hybridized carbons (Fsp3) is 0.500. The van der Waals surface area contributed by atoms with E-state index in [1.165, 1.54) is 6.26 Å². The van der Waals surface area contributed by atoms with Gasteiger partial charge >= 0.3 is 0 Å². The summed E-state index contributed by atoms with van der Waals surface area (Å²) in [6.45, 7) is 7.67. The molecule has 2 aromatic rings. The Balaban J connectivity index is 2.30. The van der Waals surface area contributed by atoms with E-state index in [4.69, 9.17) is 4.74 Å². The number of ether oxygens (including phenoxy) is 1. The van der Waals surface area contributed by atoms with Crippen LogP contribution < -0.4 is 0 Å². The first-order valence-corrected chi connectivity index (χ1v) is 13.4. The molecule has 0 unspecified atom stereocenters. The maximum Gasteiger partial charge on any atom is 0.230 e. The van der Waals surface area contributed by atoms with Gasteiger partial charge in [0.25, 0.3) is 0 Å². The second-order valence-corrected chi connectivity index (χ2v) is 15.0. The third-order valence-electron chi connectivity index (χ3n) is 3.22. The molecule has 0 amide bonds. The molecule has 22 heavy (non-hydrogen) atoms. The Labute approximate surface area is 140 Å². The van der Waals surface area contributed by atoms with Crippen molar-refractivity contribution in [3.05, 3.63) is 22.7 Å². The fourth-order valence-electron chi connectivity index (χ4n) is 2.02. The Hall–Kier alpha value is -0.703. The SMILES string of the molecule is C[Si](C)(C)CCOCn1c(S(C)(=O)=O)nc2cc(Br)ccc21. The van der Waals surface area contributed by atoms with Gasteiger partial charge in [0.15, 0.2) is 0 Å². The highest BCUT2D eigenvalue weighted by Gasteiger charge is 2.20. The first-order valence-electron chi connectivity index (χ1n) is 7.01. The van der Waals surface area contributed by atoms with E-state index in [1.807, 2.05) is 18.2 Å². The minimum absolute atomic E-state index is 0.0496. The van der Waals surface area contributed by atoms with Crippen LogP contribution in [0.2, 0.25) is 25.7 Å². The van der Waals surface area contributed by atoms with Crippen LogP contribution in [0.1, 0.15) is 0 Å². The number of sulfone groups is 1. The average Bonchev–Trinajstić information content (AvgIpc) is 2.71. The van der Waals surface area contributed by atoms with E-state index in [0.29, 0.717) is 12.1 Å². The van der Waals surface area contributed by atoms with Crippen molar-refractivity contribution in [3.8, 4) is 0 Å². The Morgan fingerprint density at radius 2 is 2.00 bits per heavy atom. The predicted octanol–water partition coefficient (Wildman–Crippen LogP) is 3.51. The van der Waals surface area contributed by atoms with Crippen molar-refractivity contribution < 1.29 is 13.2 Å². The molecule has 1 aromatic heterocycles. The van der Waals surface area contributed by atoms with Crippen molar-refractivity contribution in [1.29, 1.82) is 0 Å². The molecule has 0 spiro atoms. The Bertz CT molecular complexity index is 781. The molecule has 1 heterocycles. The summed E-state index contributed by atoms with van der Waals surface area (Å²) in [4.78, 5) is 4.25. The lowest BCUT2D eigenvalue weighted by Crippen LogP contribution is -2.22. The zero-order valence-corrected chi connectivity index (χ0v) is 16.7. The van der Waals surface area contributed by atoms with Gasteiger partial charge in [0.05, 0.1) is 11.0 Å². The topological polar surface area (TPSA) is 61.2 Å². The van der Waals surface area contributed by atoms with Gasteiger partial charge in [-0.3, -0.25) is 4.57 Å². The van der Waals surface area contributed by atoms with E-state index in [2.05, 4.69) is 40.6 Å². The van der Waals surface area contributed by atoms with Gasteiger partial charge in [0, 0.05) is 25.4 Å². The van der Waals surface area contributed by atoms with Gasteiger partial charge in [-0.25, -0.2) is 13.4 Å². The summed E-state index contributed by atoms with van der Waals surface area (Å²) in [6.07, 6.45) is 1.17. The number of hydrogen-bond acceptors (Lipinski definition) is 4. The van der Waals surface area contributed by atoms with Crippen LogP contribution in [0.15, 0.2) is 27.8 Å². The van der Waals surface area contributed by atoms with E-state index < -0.39 is 17.9 Å². The first-order chi connectivity index (χ1) is 10.1. The van der Waals surface area contributed by atoms with E-state index in [1.54, 1.807) is 4.57 Å². The van der Waals surface area contributed by atoms with Gasteiger partial charge in [-0.2, -0.15) is 0 Å². The largest absolute Gasteiger partial charge is 0.361 e. The number of nitrogens with zero attached hydrogens (tertiary/aromatic N) is 2. The van der Waals surface area contributed by atoms with Gasteiger partial charge in [0.1, 0.15) is 6.73 Å². The highest BCUT2D eigenvalue weighted by Crippen LogP contribution is 2.23. The Morgan fingerprint density at radius 1 is 1.32 bits per heavy atom. The van der Waals surface area contributed by atoms with Crippen LogP contribution in [-0.2, 0) is 21.3 Å². The molecule has 2 rings (SSSR count). The third kappa shape index (κ3) is 4.40. The summed E-state index contributed by atoms with van der Waals surface area (Å²) in [7, 11) is -4.57. The third-order valence-corrected chi connectivity index (χ3v) is 6.40. The Kier molecular flexibility index (Phi) is 5.15. The summed E-state index contributed by atoms with van der Waals surface area (Å²) in [5.41, 5.74) is 1.40. The highest BCUT2D eigenvalue weighted by atomic mass is 79.9. The summed E-state index contributed by atoms with van der Waals surface area (Å²) in [5.74, 6) is 0. The van der Waals surface area contributed by atoms with Crippen molar-refractivity contribution in [2.75, 3.05) is 12.9 Å². The summed E-state index contributed by atoms with van der Waals surface area (Å²) in [5, 5.41) is 0.0496. The van der Waals surface area contributed by atoms with Crippen LogP contribution >= 0.6 is 15.9 Å². The van der Waals surface area contributed by atoms with E-state index in [-0.39, 0.29) is 11.9 Å². The monoisotopic (exact) mass is 404 g/mol. The molecule has 0 aliphatic rings. The molecular formula is C14H21BrN2O3SSi. The molecular weight excluding hydrogens is 384 g/mol. The highest BCUT2D eigenvalue weighted by molar-refractivity contribution is 9.10. The minimum Gasteiger partial charge on any atom is -0.361 e. The Morgan fingerprint density at radius 3 is 2.59 bits per heavy atom. The standard InChI is InChI=1S/C14H21BrN2O3SSi/c1-21(18,19)14-16-12-9-11(15)5-6-13(12)17(14)10-20-7-8-22(2,3)4/h5-6,9H,7-8,10H2,1-4H3. The van der Waals surface area contributed by atoms with Crippen LogP contribution in [0.25, 0.3) is 11.0 Å². The average molecular weight is 405 g/mol. The van der Waals surface area contributed by atoms with Gasteiger partial charge in [-0.15, -0.1) is 0 Å². The number of benzene rings is 1. The predicted molar refractivity (Wildman–Crippen MR) is 94.6 cm³/mol. The molecule has 5 nitrogen and oxygen atoms in total.